The van der Waals surface area contributed by atoms with Crippen molar-refractivity contribution >= 4 is 15.9 Å². The van der Waals surface area contributed by atoms with Crippen molar-refractivity contribution in [1.82, 2.24) is 0 Å². The van der Waals surface area contributed by atoms with E-state index in [0.717, 1.165) is 11.1 Å². The summed E-state index contributed by atoms with van der Waals surface area (Å²) >= 11 is 3.33. The molecule has 0 bridgehead atoms. The van der Waals surface area contributed by atoms with Gasteiger partial charge >= 0.3 is 6.18 Å². The number of aryl methyl sites for hydroxylation is 1. The van der Waals surface area contributed by atoms with Crippen LogP contribution in [0.15, 0.2) is 24.3 Å². The topological polar surface area (TPSA) is 9.23 Å². The fourth-order valence-electron chi connectivity index (χ4n) is 1.66. The maximum absolute atomic E-state index is 12.0. The van der Waals surface area contributed by atoms with Gasteiger partial charge < -0.3 is 4.74 Å². The van der Waals surface area contributed by atoms with Crippen LogP contribution in [0.3, 0.4) is 0 Å². The summed E-state index contributed by atoms with van der Waals surface area (Å²) < 4.78 is 41.5. The largest absolute Gasteiger partial charge is 0.389 e. The van der Waals surface area contributed by atoms with Crippen LogP contribution in [0.25, 0.3) is 0 Å². The molecule has 18 heavy (non-hydrogen) atoms. The number of alkyl halides is 4. The maximum Gasteiger partial charge on any atom is 0.389 e. The minimum atomic E-state index is -4.10. The number of ether oxygens (including phenoxy) is 1. The van der Waals surface area contributed by atoms with Crippen LogP contribution in [0, 0.1) is 6.92 Å². The van der Waals surface area contributed by atoms with Crippen molar-refractivity contribution in [3.63, 3.8) is 0 Å². The van der Waals surface area contributed by atoms with Crippen molar-refractivity contribution in [2.24, 2.45) is 0 Å². The van der Waals surface area contributed by atoms with Crippen LogP contribution in [-0.4, -0.2) is 18.1 Å². The van der Waals surface area contributed by atoms with Crippen LogP contribution in [-0.2, 0) is 4.74 Å². The number of hydrogen-bond acceptors (Lipinski definition) is 1. The van der Waals surface area contributed by atoms with Crippen molar-refractivity contribution < 1.29 is 17.9 Å². The Balaban J connectivity index is 2.46. The van der Waals surface area contributed by atoms with Gasteiger partial charge in [0.1, 0.15) is 0 Å². The lowest BCUT2D eigenvalue weighted by molar-refractivity contribution is -0.138. The number of benzene rings is 1. The number of rotatable bonds is 6. The molecule has 1 unspecified atom stereocenters. The van der Waals surface area contributed by atoms with E-state index in [-0.39, 0.29) is 19.1 Å². The normalized spacial score (nSPS) is 13.6. The van der Waals surface area contributed by atoms with Gasteiger partial charge in [0, 0.05) is 18.4 Å². The molecule has 0 N–H and O–H groups in total. The van der Waals surface area contributed by atoms with Crippen LogP contribution < -0.4 is 0 Å². The van der Waals surface area contributed by atoms with Crippen LogP contribution in [0.1, 0.15) is 30.1 Å². The Morgan fingerprint density at radius 3 is 2.50 bits per heavy atom. The molecule has 102 valence electrons. The van der Waals surface area contributed by atoms with Gasteiger partial charge in [-0.1, -0.05) is 40.2 Å². The standard InChI is InChI=1S/C13H16BrF3O/c1-10-5-2-3-6-11(10)12(9-14)18-8-4-7-13(15,16)17/h2-3,5-6,12H,4,7-9H2,1H3. The Bertz CT molecular complexity index is 365. The Hall–Kier alpha value is -0.550. The smallest absolute Gasteiger partial charge is 0.373 e. The van der Waals surface area contributed by atoms with E-state index in [1.807, 2.05) is 31.2 Å². The Morgan fingerprint density at radius 2 is 1.94 bits per heavy atom. The summed E-state index contributed by atoms with van der Waals surface area (Å²) in [6.07, 6.45) is -5.09. The first kappa shape index (κ1) is 15.5. The lowest BCUT2D eigenvalue weighted by Gasteiger charge is -2.18. The van der Waals surface area contributed by atoms with Crippen molar-refractivity contribution in [3.05, 3.63) is 35.4 Å². The highest BCUT2D eigenvalue weighted by Crippen LogP contribution is 2.25. The van der Waals surface area contributed by atoms with Crippen molar-refractivity contribution in [2.75, 3.05) is 11.9 Å². The van der Waals surface area contributed by atoms with Crippen molar-refractivity contribution in [2.45, 2.75) is 32.0 Å². The van der Waals surface area contributed by atoms with E-state index in [9.17, 15) is 13.2 Å². The van der Waals surface area contributed by atoms with E-state index in [1.165, 1.54) is 0 Å². The molecule has 1 nitrogen and oxygen atoms in total. The van der Waals surface area contributed by atoms with Gasteiger partial charge in [-0.3, -0.25) is 0 Å². The highest BCUT2D eigenvalue weighted by atomic mass is 79.9. The fourth-order valence-corrected chi connectivity index (χ4v) is 2.20. The Morgan fingerprint density at radius 1 is 1.28 bits per heavy atom. The van der Waals surface area contributed by atoms with Crippen LogP contribution in [0.5, 0.6) is 0 Å². The van der Waals surface area contributed by atoms with Gasteiger partial charge in [0.25, 0.3) is 0 Å². The highest BCUT2D eigenvalue weighted by molar-refractivity contribution is 9.09. The molecule has 1 rings (SSSR count). The predicted octanol–water partition coefficient (Wildman–Crippen LogP) is 4.79. The van der Waals surface area contributed by atoms with E-state index in [0.29, 0.717) is 5.33 Å². The zero-order valence-corrected chi connectivity index (χ0v) is 11.7. The van der Waals surface area contributed by atoms with Gasteiger partial charge in [-0.2, -0.15) is 13.2 Å². The second kappa shape index (κ2) is 7.14. The van der Waals surface area contributed by atoms with Gasteiger partial charge in [0.05, 0.1) is 6.10 Å². The monoisotopic (exact) mass is 324 g/mol. The second-order valence-corrected chi connectivity index (χ2v) is 4.74. The van der Waals surface area contributed by atoms with Gasteiger partial charge in [-0.05, 0) is 24.5 Å². The summed E-state index contributed by atoms with van der Waals surface area (Å²) in [6, 6.07) is 7.72. The zero-order chi connectivity index (χ0) is 13.6. The molecule has 0 saturated carbocycles. The third kappa shape index (κ3) is 5.40. The lowest BCUT2D eigenvalue weighted by Crippen LogP contribution is -2.12. The third-order valence-corrected chi connectivity index (χ3v) is 3.19. The quantitative estimate of drug-likeness (QED) is 0.540. The summed E-state index contributed by atoms with van der Waals surface area (Å²) in [7, 11) is 0. The zero-order valence-electron chi connectivity index (χ0n) is 10.1. The number of hydrogen-bond donors (Lipinski definition) is 0. The van der Waals surface area contributed by atoms with E-state index < -0.39 is 12.6 Å². The summed E-state index contributed by atoms with van der Waals surface area (Å²) in [5.41, 5.74) is 2.10. The van der Waals surface area contributed by atoms with Crippen LogP contribution >= 0.6 is 15.9 Å². The fraction of sp³-hybridized carbons (Fsp3) is 0.538. The molecular formula is C13H16BrF3O. The van der Waals surface area contributed by atoms with E-state index in [2.05, 4.69) is 15.9 Å². The van der Waals surface area contributed by atoms with Gasteiger partial charge in [-0.25, -0.2) is 0 Å². The van der Waals surface area contributed by atoms with Gasteiger partial charge in [0.15, 0.2) is 0 Å². The first-order chi connectivity index (χ1) is 8.44. The minimum Gasteiger partial charge on any atom is -0.373 e. The lowest BCUT2D eigenvalue weighted by atomic mass is 10.0. The number of halogens is 4. The van der Waals surface area contributed by atoms with Crippen LogP contribution in [0.4, 0.5) is 13.2 Å². The average Bonchev–Trinajstić information content (AvgIpc) is 2.29. The average molecular weight is 325 g/mol. The SMILES string of the molecule is Cc1ccccc1C(CBr)OCCCC(F)(F)F. The predicted molar refractivity (Wildman–Crippen MR) is 69.0 cm³/mol. The molecule has 0 fully saturated rings. The van der Waals surface area contributed by atoms with Crippen LogP contribution in [0.2, 0.25) is 0 Å². The molecule has 5 heteroatoms. The molecular weight excluding hydrogens is 309 g/mol. The molecule has 1 aromatic rings. The first-order valence-corrected chi connectivity index (χ1v) is 6.86. The van der Waals surface area contributed by atoms with E-state index in [4.69, 9.17) is 4.74 Å². The molecule has 1 aromatic carbocycles. The Kier molecular flexibility index (Phi) is 6.15. The molecule has 0 aliphatic carbocycles. The highest BCUT2D eigenvalue weighted by Gasteiger charge is 2.26. The van der Waals surface area contributed by atoms with Crippen molar-refractivity contribution in [3.8, 4) is 0 Å². The third-order valence-electron chi connectivity index (χ3n) is 2.60. The minimum absolute atomic E-state index is 0.00111. The van der Waals surface area contributed by atoms with E-state index in [1.54, 1.807) is 0 Å². The Labute approximate surface area is 113 Å². The molecule has 0 radical (unpaired) electrons. The van der Waals surface area contributed by atoms with Gasteiger partial charge in [0.2, 0.25) is 0 Å². The second-order valence-electron chi connectivity index (χ2n) is 4.09. The summed E-state index contributed by atoms with van der Waals surface area (Å²) in [5, 5.41) is 0.573. The molecule has 1 atom stereocenters. The molecule has 0 amide bonds. The van der Waals surface area contributed by atoms with E-state index >= 15 is 0 Å². The molecule has 0 aromatic heterocycles. The maximum atomic E-state index is 12.0. The molecule has 0 saturated heterocycles. The molecule has 0 aliphatic heterocycles. The summed E-state index contributed by atoms with van der Waals surface area (Å²) in [5.74, 6) is 0. The van der Waals surface area contributed by atoms with Gasteiger partial charge in [-0.15, -0.1) is 0 Å². The summed E-state index contributed by atoms with van der Waals surface area (Å²) in [6.45, 7) is 2.08. The first-order valence-electron chi connectivity index (χ1n) is 5.74. The summed E-state index contributed by atoms with van der Waals surface area (Å²) in [4.78, 5) is 0. The van der Waals surface area contributed by atoms with Crippen molar-refractivity contribution in [1.29, 1.82) is 0 Å². The molecule has 0 aliphatic rings. The molecule has 0 heterocycles. The molecule has 0 spiro atoms.